The van der Waals surface area contributed by atoms with Crippen molar-refractivity contribution in [2.24, 2.45) is 5.92 Å². The number of aromatic nitrogens is 2. The van der Waals surface area contributed by atoms with E-state index in [1.54, 1.807) is 24.5 Å². The fraction of sp³-hybridized carbons (Fsp3) is 0.423. The molecule has 0 saturated carbocycles. The van der Waals surface area contributed by atoms with Gasteiger partial charge < -0.3 is 14.1 Å². The summed E-state index contributed by atoms with van der Waals surface area (Å²) in [5.41, 5.74) is 1.84. The molecule has 2 aliphatic rings. The zero-order chi connectivity index (χ0) is 22.5. The van der Waals surface area contributed by atoms with Crippen LogP contribution >= 0.6 is 11.3 Å². The van der Waals surface area contributed by atoms with E-state index in [1.165, 1.54) is 41.5 Å². The molecule has 1 saturated heterocycles. The molecular formula is C26H27N3O3S. The highest BCUT2D eigenvalue weighted by atomic mass is 32.1. The van der Waals surface area contributed by atoms with Gasteiger partial charge in [-0.2, -0.15) is 0 Å². The molecule has 6 nitrogen and oxygen atoms in total. The van der Waals surface area contributed by atoms with Crippen molar-refractivity contribution in [2.45, 2.75) is 45.4 Å². The summed E-state index contributed by atoms with van der Waals surface area (Å²) in [6.07, 6.45) is 6.98. The van der Waals surface area contributed by atoms with Crippen LogP contribution in [0.25, 0.3) is 32.6 Å². The monoisotopic (exact) mass is 461 g/mol. The number of para-hydroxylation sites is 1. The largest absolute Gasteiger partial charge is 0.493 e. The zero-order valence-corrected chi connectivity index (χ0v) is 19.8. The molecule has 7 heteroatoms. The average Bonchev–Trinajstić information content (AvgIpc) is 3.20. The predicted molar refractivity (Wildman–Crippen MR) is 133 cm³/mol. The SMILES string of the molecule is COc1cccc2cc(-c3nc(N4CCCCC4)c4c5c(sc4n3)C[C@H](C)CC5)c(=O)oc12. The maximum Gasteiger partial charge on any atom is 0.347 e. The van der Waals surface area contributed by atoms with Crippen molar-refractivity contribution in [3.05, 3.63) is 45.1 Å². The summed E-state index contributed by atoms with van der Waals surface area (Å²) >= 11 is 1.78. The molecule has 0 N–H and O–H groups in total. The molecule has 0 spiro atoms. The average molecular weight is 462 g/mol. The number of piperidine rings is 1. The molecule has 0 bridgehead atoms. The molecule has 4 aromatic rings. The van der Waals surface area contributed by atoms with Gasteiger partial charge in [0.15, 0.2) is 17.2 Å². The topological polar surface area (TPSA) is 68.5 Å². The van der Waals surface area contributed by atoms with Crippen molar-refractivity contribution < 1.29 is 9.15 Å². The van der Waals surface area contributed by atoms with E-state index >= 15 is 0 Å². The lowest BCUT2D eigenvalue weighted by atomic mass is 9.89. The highest BCUT2D eigenvalue weighted by Gasteiger charge is 2.27. The number of rotatable bonds is 3. The third kappa shape index (κ3) is 3.50. The molecular weight excluding hydrogens is 434 g/mol. The minimum atomic E-state index is -0.439. The Morgan fingerprint density at radius 2 is 2.03 bits per heavy atom. The molecule has 0 amide bonds. The van der Waals surface area contributed by atoms with Crippen molar-refractivity contribution in [1.29, 1.82) is 0 Å². The first-order valence-electron chi connectivity index (χ1n) is 11.8. The number of ether oxygens (including phenoxy) is 1. The van der Waals surface area contributed by atoms with E-state index in [-0.39, 0.29) is 0 Å². The van der Waals surface area contributed by atoms with Crippen molar-refractivity contribution in [2.75, 3.05) is 25.1 Å². The highest BCUT2D eigenvalue weighted by molar-refractivity contribution is 7.19. The van der Waals surface area contributed by atoms with Crippen LogP contribution in [0, 0.1) is 5.92 Å². The summed E-state index contributed by atoms with van der Waals surface area (Å²) in [5, 5.41) is 2.01. The van der Waals surface area contributed by atoms with Gasteiger partial charge in [-0.3, -0.25) is 0 Å². The molecule has 6 rings (SSSR count). The fourth-order valence-electron chi connectivity index (χ4n) is 5.21. The molecule has 1 aromatic carbocycles. The van der Waals surface area contributed by atoms with Gasteiger partial charge in [0.25, 0.3) is 0 Å². The Morgan fingerprint density at radius 3 is 2.85 bits per heavy atom. The molecule has 4 heterocycles. The Kier molecular flexibility index (Phi) is 5.09. The Bertz CT molecular complexity index is 1420. The molecule has 170 valence electrons. The molecule has 0 unspecified atom stereocenters. The van der Waals surface area contributed by atoms with Gasteiger partial charge >= 0.3 is 5.63 Å². The first-order valence-corrected chi connectivity index (χ1v) is 12.6. The zero-order valence-electron chi connectivity index (χ0n) is 19.0. The van der Waals surface area contributed by atoms with Crippen molar-refractivity contribution in [3.63, 3.8) is 0 Å². The van der Waals surface area contributed by atoms with Crippen LogP contribution in [0.3, 0.4) is 0 Å². The molecule has 33 heavy (non-hydrogen) atoms. The highest BCUT2D eigenvalue weighted by Crippen LogP contribution is 2.42. The second kappa shape index (κ2) is 8.13. The van der Waals surface area contributed by atoms with Gasteiger partial charge in [-0.15, -0.1) is 11.3 Å². The Labute approximate surface area is 196 Å². The lowest BCUT2D eigenvalue weighted by Gasteiger charge is -2.29. The minimum absolute atomic E-state index is 0.399. The Hall–Kier alpha value is -2.93. The van der Waals surface area contributed by atoms with Crippen LogP contribution in [0.4, 0.5) is 5.82 Å². The summed E-state index contributed by atoms with van der Waals surface area (Å²) in [5.74, 6) is 2.68. The van der Waals surface area contributed by atoms with Gasteiger partial charge in [-0.1, -0.05) is 19.1 Å². The van der Waals surface area contributed by atoms with Crippen LogP contribution in [-0.2, 0) is 12.8 Å². The molecule has 3 aromatic heterocycles. The maximum atomic E-state index is 13.1. The molecule has 1 aliphatic heterocycles. The van der Waals surface area contributed by atoms with Gasteiger partial charge in [0, 0.05) is 23.4 Å². The van der Waals surface area contributed by atoms with E-state index in [2.05, 4.69) is 11.8 Å². The number of hydrogen-bond acceptors (Lipinski definition) is 7. The van der Waals surface area contributed by atoms with E-state index < -0.39 is 5.63 Å². The van der Waals surface area contributed by atoms with Crippen LogP contribution in [0.2, 0.25) is 0 Å². The summed E-state index contributed by atoms with van der Waals surface area (Å²) in [4.78, 5) is 27.8. The van der Waals surface area contributed by atoms with E-state index in [4.69, 9.17) is 19.1 Å². The summed E-state index contributed by atoms with van der Waals surface area (Å²) in [6, 6.07) is 7.43. The van der Waals surface area contributed by atoms with E-state index in [0.717, 1.165) is 42.0 Å². The van der Waals surface area contributed by atoms with Crippen LogP contribution in [0.1, 0.15) is 43.0 Å². The van der Waals surface area contributed by atoms with Crippen molar-refractivity contribution in [3.8, 4) is 17.1 Å². The normalized spacial score (nSPS) is 18.6. The second-order valence-electron chi connectivity index (χ2n) is 9.28. The molecule has 1 aliphatic carbocycles. The number of thiophene rings is 1. The summed E-state index contributed by atoms with van der Waals surface area (Å²) < 4.78 is 11.1. The molecule has 1 fully saturated rings. The predicted octanol–water partition coefficient (Wildman–Crippen LogP) is 5.59. The lowest BCUT2D eigenvalue weighted by Crippen LogP contribution is -2.30. The number of anilines is 1. The maximum absolute atomic E-state index is 13.1. The standard InChI is InChI=1S/C26H27N3O3S/c1-15-9-10-17-20(13-15)33-25-21(17)24(29-11-4-3-5-12-29)27-23(28-25)18-14-16-7-6-8-19(31-2)22(16)32-26(18)30/h6-8,14-15H,3-5,9-13H2,1-2H3/t15-/m1/s1. The van der Waals surface area contributed by atoms with E-state index in [9.17, 15) is 4.79 Å². The van der Waals surface area contributed by atoms with Crippen LogP contribution in [0.5, 0.6) is 5.75 Å². The number of fused-ring (bicyclic) bond motifs is 4. The Morgan fingerprint density at radius 1 is 1.18 bits per heavy atom. The van der Waals surface area contributed by atoms with Crippen LogP contribution < -0.4 is 15.3 Å². The quantitative estimate of drug-likeness (QED) is 0.371. The van der Waals surface area contributed by atoms with Gasteiger partial charge in [-0.05, 0) is 62.1 Å². The molecule has 0 radical (unpaired) electrons. The third-order valence-corrected chi connectivity index (χ3v) is 8.12. The van der Waals surface area contributed by atoms with Crippen molar-refractivity contribution in [1.82, 2.24) is 9.97 Å². The Balaban J connectivity index is 1.58. The van der Waals surface area contributed by atoms with Crippen LogP contribution in [0.15, 0.2) is 33.5 Å². The first kappa shape index (κ1) is 20.7. The van der Waals surface area contributed by atoms with E-state index in [0.29, 0.717) is 28.6 Å². The van der Waals surface area contributed by atoms with E-state index in [1.807, 2.05) is 18.2 Å². The third-order valence-electron chi connectivity index (χ3n) is 6.98. The minimum Gasteiger partial charge on any atom is -0.493 e. The summed E-state index contributed by atoms with van der Waals surface area (Å²) in [6.45, 7) is 4.32. The van der Waals surface area contributed by atoms with Crippen molar-refractivity contribution >= 4 is 38.3 Å². The number of aryl methyl sites for hydroxylation is 1. The second-order valence-corrected chi connectivity index (χ2v) is 10.4. The van der Waals surface area contributed by atoms with Gasteiger partial charge in [0.2, 0.25) is 0 Å². The summed E-state index contributed by atoms with van der Waals surface area (Å²) in [7, 11) is 1.57. The first-order chi connectivity index (χ1) is 16.1. The van der Waals surface area contributed by atoms with Crippen LogP contribution in [-0.4, -0.2) is 30.2 Å². The van der Waals surface area contributed by atoms with Gasteiger partial charge in [-0.25, -0.2) is 14.8 Å². The number of hydrogen-bond donors (Lipinski definition) is 0. The lowest BCUT2D eigenvalue weighted by molar-refractivity contribution is 0.407. The number of benzene rings is 1. The number of nitrogens with zero attached hydrogens (tertiary/aromatic N) is 3. The van der Waals surface area contributed by atoms with Gasteiger partial charge in [0.1, 0.15) is 16.2 Å². The number of methoxy groups -OCH3 is 1. The molecule has 1 atom stereocenters. The van der Waals surface area contributed by atoms with Gasteiger partial charge in [0.05, 0.1) is 12.5 Å². The fourth-order valence-corrected chi connectivity index (χ4v) is 6.59. The smallest absolute Gasteiger partial charge is 0.347 e.